The normalized spacial score (nSPS) is 30.8. The maximum absolute atomic E-state index is 8.93. The van der Waals surface area contributed by atoms with Gasteiger partial charge in [-0.15, -0.1) is 0 Å². The van der Waals surface area contributed by atoms with E-state index in [9.17, 15) is 0 Å². The number of ether oxygens (including phenoxy) is 1. The van der Waals surface area contributed by atoms with Crippen LogP contribution in [0.25, 0.3) is 10.4 Å². The van der Waals surface area contributed by atoms with Crippen LogP contribution in [0.3, 0.4) is 0 Å². The van der Waals surface area contributed by atoms with Crippen LogP contribution < -0.4 is 0 Å². The Kier molecular flexibility index (Phi) is 8.59. The molecule has 0 saturated carbocycles. The van der Waals surface area contributed by atoms with Gasteiger partial charge in [0.15, 0.2) is 31.2 Å². The van der Waals surface area contributed by atoms with E-state index in [2.05, 4.69) is 84.9 Å². The van der Waals surface area contributed by atoms with Crippen molar-refractivity contribution in [2.24, 2.45) is 5.11 Å². The van der Waals surface area contributed by atoms with Gasteiger partial charge < -0.3 is 18.0 Å². The van der Waals surface area contributed by atoms with Gasteiger partial charge in [0, 0.05) is 4.91 Å². The lowest BCUT2D eigenvalue weighted by Gasteiger charge is -2.47. The average Bonchev–Trinajstić information content (AvgIpc) is 2.41. The minimum absolute atomic E-state index is 0.257. The molecule has 0 aromatic rings. The van der Waals surface area contributed by atoms with E-state index in [0.717, 1.165) is 0 Å². The van der Waals surface area contributed by atoms with E-state index in [1.165, 1.54) is 0 Å². The number of nitrogens with zero attached hydrogens (tertiary/aromatic N) is 3. The van der Waals surface area contributed by atoms with Crippen molar-refractivity contribution < 1.29 is 18.0 Å². The van der Waals surface area contributed by atoms with Crippen molar-refractivity contribution in [3.63, 3.8) is 0 Å². The molecule has 0 N–H and O–H groups in total. The summed E-state index contributed by atoms with van der Waals surface area (Å²) in [6.45, 7) is 19.7. The molecule has 5 atom stereocenters. The molecular weight excluding hydrogens is 450 g/mol. The molecule has 1 saturated heterocycles. The Morgan fingerprint density at radius 3 is 1.85 bits per heavy atom. The third kappa shape index (κ3) is 8.53. The van der Waals surface area contributed by atoms with E-state index >= 15 is 0 Å². The molecule has 0 amide bonds. The second-order valence-electron chi connectivity index (χ2n) is 9.53. The van der Waals surface area contributed by atoms with Gasteiger partial charge in [-0.2, -0.15) is 0 Å². The van der Waals surface area contributed by atoms with Crippen LogP contribution in [0.1, 0.15) is 0 Å². The number of alkyl halides is 1. The Bertz CT molecular complexity index is 516. The molecule has 0 aromatic carbocycles. The lowest BCUT2D eigenvalue weighted by molar-refractivity contribution is -0.159. The highest BCUT2D eigenvalue weighted by molar-refractivity contribution is 9.09. The molecule has 0 bridgehead atoms. The summed E-state index contributed by atoms with van der Waals surface area (Å²) in [7, 11) is -5.45. The molecule has 1 aliphatic heterocycles. The largest absolute Gasteiger partial charge is 0.415 e. The molecule has 1 heterocycles. The summed E-state index contributed by atoms with van der Waals surface area (Å²) in [4.78, 5) is 2.68. The molecule has 1 aliphatic rings. The van der Waals surface area contributed by atoms with Gasteiger partial charge in [-0.1, -0.05) is 21.0 Å². The van der Waals surface area contributed by atoms with Crippen LogP contribution in [0, 0.1) is 0 Å². The molecular formula is C15H34BrN3O4Si3. The summed E-state index contributed by atoms with van der Waals surface area (Å²) < 4.78 is 25.2. The molecule has 11 heteroatoms. The van der Waals surface area contributed by atoms with Gasteiger partial charge in [-0.3, -0.25) is 0 Å². The summed E-state index contributed by atoms with van der Waals surface area (Å²) >= 11 is 3.65. The van der Waals surface area contributed by atoms with E-state index in [4.69, 9.17) is 23.5 Å². The number of azide groups is 1. The molecule has 26 heavy (non-hydrogen) atoms. The zero-order chi connectivity index (χ0) is 20.3. The number of hydrogen-bond acceptors (Lipinski definition) is 5. The Balaban J connectivity index is 3.20. The molecule has 0 radical (unpaired) electrons. The Morgan fingerprint density at radius 2 is 1.42 bits per heavy atom. The van der Waals surface area contributed by atoms with Crippen LogP contribution in [0.2, 0.25) is 58.9 Å². The lowest BCUT2D eigenvalue weighted by Crippen LogP contribution is -2.62. The van der Waals surface area contributed by atoms with Crippen LogP contribution in [-0.2, 0) is 18.0 Å². The van der Waals surface area contributed by atoms with Crippen LogP contribution in [0.4, 0.5) is 0 Å². The first-order valence-corrected chi connectivity index (χ1v) is 20.1. The number of rotatable bonds is 8. The zero-order valence-electron chi connectivity index (χ0n) is 17.4. The average molecular weight is 485 g/mol. The van der Waals surface area contributed by atoms with Gasteiger partial charge in [0.1, 0.15) is 6.10 Å². The fourth-order valence-electron chi connectivity index (χ4n) is 2.59. The fourth-order valence-corrected chi connectivity index (χ4v) is 6.29. The van der Waals surface area contributed by atoms with Crippen molar-refractivity contribution >= 4 is 40.9 Å². The van der Waals surface area contributed by atoms with Gasteiger partial charge in [-0.25, -0.2) is 0 Å². The van der Waals surface area contributed by atoms with E-state index in [0.29, 0.717) is 6.61 Å². The second-order valence-corrected chi connectivity index (χ2v) is 24.0. The molecule has 1 rings (SSSR count). The van der Waals surface area contributed by atoms with Gasteiger partial charge in [0.25, 0.3) is 0 Å². The van der Waals surface area contributed by atoms with Crippen molar-refractivity contribution in [2.75, 3.05) is 6.61 Å². The van der Waals surface area contributed by atoms with E-state index in [1.807, 2.05) is 0 Å². The quantitative estimate of drug-likeness (QED) is 0.158. The SMILES string of the molecule is C[Si](C)(C)OC[C@H]1O[C@@H](N=[N+]=[N-])[C@H](Br)[C@@H](O[Si](C)(C)C)[C@H]1O[Si](C)(C)C. The van der Waals surface area contributed by atoms with Gasteiger partial charge >= 0.3 is 0 Å². The van der Waals surface area contributed by atoms with Crippen molar-refractivity contribution in [2.45, 2.75) is 88.3 Å². The fraction of sp³-hybridized carbons (Fsp3) is 1.00. The smallest absolute Gasteiger partial charge is 0.184 e. The number of halogens is 1. The zero-order valence-corrected chi connectivity index (χ0v) is 22.0. The lowest BCUT2D eigenvalue weighted by atomic mass is 10.0. The summed E-state index contributed by atoms with van der Waals surface area (Å²) in [5.41, 5.74) is 8.93. The highest BCUT2D eigenvalue weighted by Crippen LogP contribution is 2.35. The van der Waals surface area contributed by atoms with Gasteiger partial charge in [-0.05, 0) is 64.5 Å². The molecule has 0 aliphatic carbocycles. The summed E-state index contributed by atoms with van der Waals surface area (Å²) in [5, 5.41) is 3.83. The number of hydrogen-bond donors (Lipinski definition) is 0. The Hall–Kier alpha value is 0.281. The van der Waals surface area contributed by atoms with Crippen LogP contribution in [0.15, 0.2) is 5.11 Å². The molecule has 0 aromatic heterocycles. The van der Waals surface area contributed by atoms with Crippen molar-refractivity contribution in [3.8, 4) is 0 Å². The Labute approximate surface area is 169 Å². The topological polar surface area (TPSA) is 85.7 Å². The molecule has 1 fully saturated rings. The van der Waals surface area contributed by atoms with Crippen LogP contribution in [0.5, 0.6) is 0 Å². The van der Waals surface area contributed by atoms with Gasteiger partial charge in [0.05, 0.1) is 23.6 Å². The maximum Gasteiger partial charge on any atom is 0.184 e. The summed E-state index contributed by atoms with van der Waals surface area (Å²) in [6, 6.07) is 0. The van der Waals surface area contributed by atoms with E-state index < -0.39 is 31.2 Å². The first-order valence-electron chi connectivity index (χ1n) is 8.96. The van der Waals surface area contributed by atoms with Crippen molar-refractivity contribution in [3.05, 3.63) is 10.4 Å². The summed E-state index contributed by atoms with van der Waals surface area (Å²) in [5.74, 6) is 0. The first kappa shape index (κ1) is 24.3. The minimum atomic E-state index is -1.86. The first-order chi connectivity index (χ1) is 11.6. The molecule has 0 spiro atoms. The predicted octanol–water partition coefficient (Wildman–Crippen LogP) is 5.08. The highest BCUT2D eigenvalue weighted by Gasteiger charge is 2.48. The van der Waals surface area contributed by atoms with E-state index in [-0.39, 0.29) is 23.1 Å². The van der Waals surface area contributed by atoms with Gasteiger partial charge in [0.2, 0.25) is 0 Å². The van der Waals surface area contributed by atoms with Crippen molar-refractivity contribution in [1.29, 1.82) is 0 Å². The molecule has 0 unspecified atom stereocenters. The Morgan fingerprint density at radius 1 is 0.923 bits per heavy atom. The molecule has 152 valence electrons. The maximum atomic E-state index is 8.93. The summed E-state index contributed by atoms with van der Waals surface area (Å²) in [6.07, 6.45) is -1.51. The standard InChI is InChI=1S/C15H34BrN3O4Si3/c1-24(2,3)20-10-11-13(22-25(4,5)6)14(23-26(7,8)9)12(16)15(21-11)18-19-17/h11-15H,10H2,1-9H3/t11-,12-,13+,14-,15-/m1/s1. The van der Waals surface area contributed by atoms with E-state index in [1.54, 1.807) is 0 Å². The molecule has 7 nitrogen and oxygen atoms in total. The second kappa shape index (κ2) is 9.19. The van der Waals surface area contributed by atoms with Crippen LogP contribution >= 0.6 is 15.9 Å². The minimum Gasteiger partial charge on any atom is -0.415 e. The monoisotopic (exact) mass is 483 g/mol. The van der Waals surface area contributed by atoms with Crippen molar-refractivity contribution in [1.82, 2.24) is 0 Å². The third-order valence-corrected chi connectivity index (χ3v) is 7.38. The highest BCUT2D eigenvalue weighted by atomic mass is 79.9. The predicted molar refractivity (Wildman–Crippen MR) is 116 cm³/mol. The van der Waals surface area contributed by atoms with Crippen LogP contribution in [-0.4, -0.2) is 60.9 Å². The third-order valence-electron chi connectivity index (χ3n) is 3.42.